The summed E-state index contributed by atoms with van der Waals surface area (Å²) < 4.78 is 7.21. The first-order valence-corrected chi connectivity index (χ1v) is 27.7. The summed E-state index contributed by atoms with van der Waals surface area (Å²) in [6.45, 7) is 12.6. The molecule has 9 rings (SSSR count). The maximum atomic E-state index is 14.2. The molecule has 2 unspecified atom stereocenters. The molecule has 4 amide bonds. The van der Waals surface area contributed by atoms with Gasteiger partial charge in [-0.1, -0.05) is 92.8 Å². The molecule has 4 atom stereocenters. The molecular formula is C59H64N8O8S2. The number of carbonyl (C=O) groups is 5. The van der Waals surface area contributed by atoms with Crippen molar-refractivity contribution in [3.8, 4) is 27.3 Å². The van der Waals surface area contributed by atoms with E-state index in [1.807, 2.05) is 137 Å². The van der Waals surface area contributed by atoms with E-state index in [0.717, 1.165) is 48.6 Å². The van der Waals surface area contributed by atoms with Gasteiger partial charge in [0.15, 0.2) is 10.8 Å². The van der Waals surface area contributed by atoms with Gasteiger partial charge in [-0.3, -0.25) is 24.5 Å². The number of fused-ring (bicyclic) bond motifs is 2. The minimum Gasteiger partial charge on any atom is -0.493 e. The van der Waals surface area contributed by atoms with Gasteiger partial charge in [-0.25, -0.2) is 19.7 Å². The number of likely N-dealkylation sites (tertiary alicyclic amines) is 1. The lowest BCUT2D eigenvalue weighted by Gasteiger charge is -2.35. The number of unbranched alkanes of at least 4 members (excludes halogenated alkanes) is 2. The molecule has 18 heteroatoms. The van der Waals surface area contributed by atoms with Crippen LogP contribution in [0.3, 0.4) is 0 Å². The Morgan fingerprint density at radius 1 is 0.870 bits per heavy atom. The molecule has 2 aliphatic heterocycles. The number of β-amino-alcohol motifs (C(OH)–C–C–N with tert-alkyl or cyclic N) is 1. The summed E-state index contributed by atoms with van der Waals surface area (Å²) in [5, 5.41) is 30.7. The van der Waals surface area contributed by atoms with Crippen molar-refractivity contribution in [3.63, 3.8) is 0 Å². The van der Waals surface area contributed by atoms with E-state index in [0.29, 0.717) is 78.8 Å². The van der Waals surface area contributed by atoms with Gasteiger partial charge >= 0.3 is 5.97 Å². The van der Waals surface area contributed by atoms with Crippen LogP contribution in [-0.2, 0) is 27.3 Å². The van der Waals surface area contributed by atoms with Gasteiger partial charge < -0.3 is 35.4 Å². The van der Waals surface area contributed by atoms with Gasteiger partial charge in [0.05, 0.1) is 45.1 Å². The molecule has 3 aromatic heterocycles. The van der Waals surface area contributed by atoms with Crippen molar-refractivity contribution in [2.75, 3.05) is 29.9 Å². The number of carboxylic acids is 1. The number of thiazole rings is 2. The van der Waals surface area contributed by atoms with Gasteiger partial charge in [-0.15, -0.1) is 11.3 Å². The molecule has 77 heavy (non-hydrogen) atoms. The lowest BCUT2D eigenvalue weighted by molar-refractivity contribution is -0.144. The van der Waals surface area contributed by atoms with Crippen molar-refractivity contribution < 1.29 is 38.9 Å². The average molecular weight is 1080 g/mol. The molecule has 400 valence electrons. The van der Waals surface area contributed by atoms with E-state index in [4.69, 9.17) is 9.72 Å². The topological polar surface area (TPSA) is 216 Å². The summed E-state index contributed by atoms with van der Waals surface area (Å²) in [4.78, 5) is 86.0. The molecule has 0 saturated carbocycles. The van der Waals surface area contributed by atoms with Crippen LogP contribution in [0.1, 0.15) is 115 Å². The van der Waals surface area contributed by atoms with Crippen molar-refractivity contribution in [1.29, 1.82) is 0 Å². The van der Waals surface area contributed by atoms with Crippen LogP contribution in [-0.4, -0.2) is 97.5 Å². The Labute approximate surface area is 455 Å². The summed E-state index contributed by atoms with van der Waals surface area (Å²) in [5.74, 6) is -1.42. The third-order valence-electron chi connectivity index (χ3n) is 14.4. The number of pyridine rings is 1. The highest BCUT2D eigenvalue weighted by atomic mass is 32.1. The largest absolute Gasteiger partial charge is 0.493 e. The average Bonchev–Trinajstić information content (AvgIpc) is 4.18. The molecule has 5 heterocycles. The first-order chi connectivity index (χ1) is 36.9. The van der Waals surface area contributed by atoms with E-state index in [1.54, 1.807) is 23.5 Å². The molecular weight excluding hydrogens is 1010 g/mol. The van der Waals surface area contributed by atoms with E-state index in [1.165, 1.54) is 16.2 Å². The number of carboxylic acid groups (broad SMARTS) is 1. The number of rotatable bonds is 18. The maximum absolute atomic E-state index is 14.2. The van der Waals surface area contributed by atoms with Crippen LogP contribution >= 0.6 is 22.7 Å². The van der Waals surface area contributed by atoms with Crippen molar-refractivity contribution in [1.82, 2.24) is 30.5 Å². The number of benzene rings is 4. The lowest BCUT2D eigenvalue weighted by atomic mass is 9.85. The van der Waals surface area contributed by atoms with Crippen LogP contribution in [0.2, 0.25) is 0 Å². The molecule has 7 aromatic rings. The minimum absolute atomic E-state index is 0.0180. The highest BCUT2D eigenvalue weighted by molar-refractivity contribution is 7.22. The molecule has 0 aliphatic carbocycles. The molecule has 2 aliphatic rings. The van der Waals surface area contributed by atoms with Crippen molar-refractivity contribution >= 4 is 73.4 Å². The first kappa shape index (κ1) is 54.3. The Hall–Kier alpha value is -7.54. The Bertz CT molecular complexity index is 3300. The number of aromatic carboxylic acids is 1. The number of anilines is 2. The highest BCUT2D eigenvalue weighted by Gasteiger charge is 2.45. The number of hydrogen-bond donors (Lipinski definition) is 5. The fourth-order valence-electron chi connectivity index (χ4n) is 10.1. The number of para-hydroxylation sites is 1. The second-order valence-corrected chi connectivity index (χ2v) is 22.8. The predicted octanol–water partition coefficient (Wildman–Crippen LogP) is 9.92. The number of hydrogen-bond acceptors (Lipinski definition) is 13. The summed E-state index contributed by atoms with van der Waals surface area (Å²) in [6, 6.07) is 28.3. The van der Waals surface area contributed by atoms with Crippen LogP contribution in [0.25, 0.3) is 31.8 Å². The van der Waals surface area contributed by atoms with E-state index >= 15 is 0 Å². The molecule has 4 aromatic carbocycles. The number of aliphatic hydroxyl groups excluding tert-OH is 1. The van der Waals surface area contributed by atoms with E-state index in [-0.39, 0.29) is 48.8 Å². The number of carbonyl (C=O) groups excluding carboxylic acids is 4. The molecule has 1 fully saturated rings. The van der Waals surface area contributed by atoms with Crippen LogP contribution in [0, 0.1) is 19.3 Å². The van der Waals surface area contributed by atoms with E-state index in [9.17, 15) is 34.2 Å². The number of nitrogens with zero attached hydrogens (tertiary/aromatic N) is 5. The molecule has 16 nitrogen and oxygen atoms in total. The van der Waals surface area contributed by atoms with Gasteiger partial charge in [-0.2, -0.15) is 0 Å². The quantitative estimate of drug-likeness (QED) is 0.0508. The molecule has 0 bridgehead atoms. The summed E-state index contributed by atoms with van der Waals surface area (Å²) in [5.41, 5.74) is 9.05. The zero-order valence-electron chi connectivity index (χ0n) is 44.1. The maximum Gasteiger partial charge on any atom is 0.355 e. The third-order valence-corrected chi connectivity index (χ3v) is 16.3. The van der Waals surface area contributed by atoms with Gasteiger partial charge in [0, 0.05) is 43.6 Å². The fourth-order valence-corrected chi connectivity index (χ4v) is 11.8. The Kier molecular flexibility index (Phi) is 16.5. The lowest BCUT2D eigenvalue weighted by Crippen LogP contribution is -2.57. The summed E-state index contributed by atoms with van der Waals surface area (Å²) in [7, 11) is 0. The van der Waals surface area contributed by atoms with Crippen molar-refractivity contribution in [2.24, 2.45) is 5.41 Å². The number of aryl methyl sites for hydroxylation is 1. The molecule has 0 spiro atoms. The number of aromatic nitrogens is 3. The number of ether oxygens (including phenoxy) is 1. The number of aliphatic hydroxyl groups is 1. The highest BCUT2D eigenvalue weighted by Crippen LogP contribution is 2.36. The molecule has 1 saturated heterocycles. The van der Waals surface area contributed by atoms with Crippen LogP contribution in [0.4, 0.5) is 10.9 Å². The monoisotopic (exact) mass is 1080 g/mol. The fraction of sp³-hybridized carbons (Fsp3) is 0.356. The zero-order valence-corrected chi connectivity index (χ0v) is 45.7. The number of amides is 4. The zero-order chi connectivity index (χ0) is 54.5. The van der Waals surface area contributed by atoms with Gasteiger partial charge in [0.1, 0.15) is 23.7 Å². The molecule has 0 radical (unpaired) electrons. The van der Waals surface area contributed by atoms with Crippen LogP contribution in [0.5, 0.6) is 5.75 Å². The Balaban J connectivity index is 0.767. The summed E-state index contributed by atoms with van der Waals surface area (Å²) in [6.07, 6.45) is 1.86. The first-order valence-electron chi connectivity index (χ1n) is 26.0. The predicted molar refractivity (Wildman–Crippen MR) is 300 cm³/mol. The second kappa shape index (κ2) is 23.4. The Morgan fingerprint density at radius 2 is 1.65 bits per heavy atom. The van der Waals surface area contributed by atoms with Gasteiger partial charge in [0.25, 0.3) is 5.91 Å². The van der Waals surface area contributed by atoms with Crippen molar-refractivity contribution in [2.45, 2.75) is 111 Å². The minimum atomic E-state index is -1.17. The standard InChI is InChI=1S/C59H64N8O8S2/c1-34-41(42-25-26-49(63-51(42)57(73)74)66-28-27-38-14-12-16-43(44(38)32-66)54(70)65-58-62-45-17-9-10-19-48(45)77-58)15-13-18-47(34)75-29-11-7-8-20-50(69)64-53(59(4,5)6)56(72)67-31-40(68)30-46(67)55(71)61-35(2)37-21-23-39(24-22-37)52-36(3)60-33-76-52/h9-10,12-19,21-26,33,35,40,46,53,68H,7-8,11,20,27-32H2,1-6H3,(H,61,71)(H,64,69)(H,73,74)(H,62,65,70)/t35?,40-,46+,53?/m1/s1. The smallest absolute Gasteiger partial charge is 0.355 e. The van der Waals surface area contributed by atoms with Crippen molar-refractivity contribution in [3.05, 3.63) is 142 Å². The summed E-state index contributed by atoms with van der Waals surface area (Å²) >= 11 is 2.98. The van der Waals surface area contributed by atoms with Crippen LogP contribution in [0.15, 0.2) is 103 Å². The van der Waals surface area contributed by atoms with Gasteiger partial charge in [0.2, 0.25) is 17.7 Å². The normalized spacial score (nSPS) is 16.1. The van der Waals surface area contributed by atoms with E-state index < -0.39 is 35.5 Å². The second-order valence-electron chi connectivity index (χ2n) is 20.9. The Morgan fingerprint density at radius 3 is 2.39 bits per heavy atom. The van der Waals surface area contributed by atoms with Gasteiger partial charge in [-0.05, 0) is 122 Å². The SMILES string of the molecule is Cc1ncsc1-c1ccc(C(C)NC(=O)[C@@H]2C[C@@H](O)CN2C(=O)C(NC(=O)CCCCCOc2cccc(-c3ccc(N4CCc5cccc(C(=O)Nc6nc7ccccc7s6)c5C4)nc3C(=O)O)c2C)C(C)(C)C)cc1. The number of nitrogens with one attached hydrogen (secondary N) is 3. The molecule has 5 N–H and O–H groups in total. The van der Waals surface area contributed by atoms with E-state index in [2.05, 4.69) is 25.9 Å². The van der Waals surface area contributed by atoms with Crippen LogP contribution < -0.4 is 25.6 Å². The third kappa shape index (κ3) is 12.4.